The summed E-state index contributed by atoms with van der Waals surface area (Å²) in [7, 11) is 4.14. The van der Waals surface area contributed by atoms with E-state index >= 15 is 0 Å². The first kappa shape index (κ1) is 10.6. The van der Waals surface area contributed by atoms with Crippen LogP contribution in [0.2, 0.25) is 0 Å². The van der Waals surface area contributed by atoms with Crippen molar-refractivity contribution in [2.75, 3.05) is 26.5 Å². The van der Waals surface area contributed by atoms with E-state index < -0.39 is 0 Å². The first-order chi connectivity index (χ1) is 6.24. The monoisotopic (exact) mass is 197 g/mol. The molecule has 1 nitrogen and oxygen atoms in total. The number of rotatable bonds is 4. The standard InChI is InChI=1S/C11H16ClN/c1-13(2)9-11(8-12)10-6-4-3-5-7-10/h3-7,11H,8-9H2,1-2H3/t11-/m1/s1. The van der Waals surface area contributed by atoms with Crippen LogP contribution in [0.1, 0.15) is 11.5 Å². The number of nitrogens with zero attached hydrogens (tertiary/aromatic N) is 1. The molecule has 0 heterocycles. The lowest BCUT2D eigenvalue weighted by Gasteiger charge is -2.18. The molecule has 1 atom stereocenters. The van der Waals surface area contributed by atoms with Gasteiger partial charge in [0.1, 0.15) is 0 Å². The van der Waals surface area contributed by atoms with Crippen LogP contribution in [0.3, 0.4) is 0 Å². The topological polar surface area (TPSA) is 3.24 Å². The summed E-state index contributed by atoms with van der Waals surface area (Å²) in [6.07, 6.45) is 0. The largest absolute Gasteiger partial charge is 0.309 e. The Bertz CT molecular complexity index is 233. The van der Waals surface area contributed by atoms with Crippen LogP contribution < -0.4 is 0 Å². The van der Waals surface area contributed by atoms with Gasteiger partial charge in [-0.15, -0.1) is 11.6 Å². The Morgan fingerprint density at radius 3 is 2.31 bits per heavy atom. The molecule has 1 rings (SSSR count). The van der Waals surface area contributed by atoms with Crippen LogP contribution in [0.25, 0.3) is 0 Å². The van der Waals surface area contributed by atoms with E-state index in [4.69, 9.17) is 11.6 Å². The van der Waals surface area contributed by atoms with E-state index in [2.05, 4.69) is 43.3 Å². The fraction of sp³-hybridized carbons (Fsp3) is 0.455. The Kier molecular flexibility index (Phi) is 4.26. The molecule has 0 amide bonds. The van der Waals surface area contributed by atoms with Crippen molar-refractivity contribution < 1.29 is 0 Å². The molecule has 1 aromatic rings. The third-order valence-corrected chi connectivity index (χ3v) is 2.42. The smallest absolute Gasteiger partial charge is 0.0304 e. The molecule has 0 saturated heterocycles. The van der Waals surface area contributed by atoms with Gasteiger partial charge >= 0.3 is 0 Å². The number of alkyl halides is 1. The number of benzene rings is 1. The molecule has 2 heteroatoms. The van der Waals surface area contributed by atoms with Crippen molar-refractivity contribution in [3.8, 4) is 0 Å². The van der Waals surface area contributed by atoms with Gasteiger partial charge in [-0.25, -0.2) is 0 Å². The van der Waals surface area contributed by atoms with Gasteiger partial charge in [0.25, 0.3) is 0 Å². The Balaban J connectivity index is 2.67. The lowest BCUT2D eigenvalue weighted by Crippen LogP contribution is -2.21. The molecule has 0 saturated carbocycles. The van der Waals surface area contributed by atoms with Crippen LogP contribution in [0, 0.1) is 0 Å². The SMILES string of the molecule is CN(C)C[C@@H](CCl)c1ccccc1. The first-order valence-corrected chi connectivity index (χ1v) is 5.03. The molecule has 13 heavy (non-hydrogen) atoms. The van der Waals surface area contributed by atoms with E-state index in [9.17, 15) is 0 Å². The van der Waals surface area contributed by atoms with Crippen molar-refractivity contribution in [2.45, 2.75) is 5.92 Å². The van der Waals surface area contributed by atoms with Gasteiger partial charge < -0.3 is 4.90 Å². The average molecular weight is 198 g/mol. The highest BCUT2D eigenvalue weighted by atomic mass is 35.5. The molecule has 0 N–H and O–H groups in total. The minimum absolute atomic E-state index is 0.442. The number of likely N-dealkylation sites (N-methyl/N-ethyl adjacent to an activating group) is 1. The van der Waals surface area contributed by atoms with Crippen LogP contribution in [-0.4, -0.2) is 31.4 Å². The van der Waals surface area contributed by atoms with E-state index in [1.165, 1.54) is 5.56 Å². The van der Waals surface area contributed by atoms with E-state index in [1.54, 1.807) is 0 Å². The van der Waals surface area contributed by atoms with Crippen LogP contribution >= 0.6 is 11.6 Å². The fourth-order valence-electron chi connectivity index (χ4n) is 1.41. The van der Waals surface area contributed by atoms with Gasteiger partial charge in [-0.05, 0) is 19.7 Å². The Morgan fingerprint density at radius 1 is 1.23 bits per heavy atom. The summed E-state index contributed by atoms with van der Waals surface area (Å²) >= 11 is 5.92. The van der Waals surface area contributed by atoms with Crippen molar-refractivity contribution in [3.63, 3.8) is 0 Å². The van der Waals surface area contributed by atoms with Gasteiger partial charge in [-0.1, -0.05) is 30.3 Å². The molecule has 0 unspecified atom stereocenters. The molecule has 0 fully saturated rings. The van der Waals surface area contributed by atoms with Gasteiger partial charge in [0.2, 0.25) is 0 Å². The summed E-state index contributed by atoms with van der Waals surface area (Å²) in [5, 5.41) is 0. The Morgan fingerprint density at radius 2 is 1.85 bits per heavy atom. The zero-order valence-electron chi connectivity index (χ0n) is 8.20. The molecule has 0 bridgehead atoms. The second-order valence-corrected chi connectivity index (χ2v) is 3.83. The van der Waals surface area contributed by atoms with E-state index in [0.29, 0.717) is 11.8 Å². The van der Waals surface area contributed by atoms with Crippen LogP contribution in [0.4, 0.5) is 0 Å². The van der Waals surface area contributed by atoms with E-state index in [0.717, 1.165) is 6.54 Å². The Hall–Kier alpha value is -0.530. The van der Waals surface area contributed by atoms with Crippen LogP contribution in [-0.2, 0) is 0 Å². The van der Waals surface area contributed by atoms with Crippen molar-refractivity contribution in [2.24, 2.45) is 0 Å². The molecular formula is C11H16ClN. The third-order valence-electron chi connectivity index (χ3n) is 2.04. The second kappa shape index (κ2) is 5.25. The molecule has 0 aliphatic rings. The summed E-state index contributed by atoms with van der Waals surface area (Å²) in [4.78, 5) is 2.17. The normalized spacial score (nSPS) is 13.2. The maximum Gasteiger partial charge on any atom is 0.0304 e. The first-order valence-electron chi connectivity index (χ1n) is 4.49. The minimum atomic E-state index is 0.442. The molecule has 0 aromatic heterocycles. The highest BCUT2D eigenvalue weighted by Crippen LogP contribution is 2.17. The second-order valence-electron chi connectivity index (χ2n) is 3.52. The summed E-state index contributed by atoms with van der Waals surface area (Å²) in [5.74, 6) is 1.13. The van der Waals surface area contributed by atoms with Gasteiger partial charge in [-0.2, -0.15) is 0 Å². The van der Waals surface area contributed by atoms with Crippen LogP contribution in [0.15, 0.2) is 30.3 Å². The van der Waals surface area contributed by atoms with Gasteiger partial charge in [0, 0.05) is 18.3 Å². The van der Waals surface area contributed by atoms with Crippen molar-refractivity contribution in [3.05, 3.63) is 35.9 Å². The molecule has 0 aliphatic heterocycles. The molecule has 0 aliphatic carbocycles. The summed E-state index contributed by atoms with van der Waals surface area (Å²) < 4.78 is 0. The van der Waals surface area contributed by atoms with Crippen molar-refractivity contribution >= 4 is 11.6 Å². The van der Waals surface area contributed by atoms with Gasteiger partial charge in [0.15, 0.2) is 0 Å². The van der Waals surface area contributed by atoms with E-state index in [-0.39, 0.29) is 0 Å². The zero-order chi connectivity index (χ0) is 9.68. The van der Waals surface area contributed by atoms with Gasteiger partial charge in [-0.3, -0.25) is 0 Å². The van der Waals surface area contributed by atoms with Gasteiger partial charge in [0.05, 0.1) is 0 Å². The maximum atomic E-state index is 5.92. The number of hydrogen-bond acceptors (Lipinski definition) is 1. The predicted molar refractivity (Wildman–Crippen MR) is 58.5 cm³/mol. The summed E-state index contributed by atoms with van der Waals surface area (Å²) in [6, 6.07) is 10.4. The van der Waals surface area contributed by atoms with Crippen molar-refractivity contribution in [1.29, 1.82) is 0 Å². The highest BCUT2D eigenvalue weighted by molar-refractivity contribution is 6.18. The summed E-state index contributed by atoms with van der Waals surface area (Å²) in [6.45, 7) is 1.01. The molecule has 72 valence electrons. The van der Waals surface area contributed by atoms with E-state index in [1.807, 2.05) is 6.07 Å². The van der Waals surface area contributed by atoms with Crippen LogP contribution in [0.5, 0.6) is 0 Å². The molecular weight excluding hydrogens is 182 g/mol. The molecule has 0 radical (unpaired) electrons. The lowest BCUT2D eigenvalue weighted by molar-refractivity contribution is 0.384. The minimum Gasteiger partial charge on any atom is -0.309 e. The average Bonchev–Trinajstić information content (AvgIpc) is 2.15. The fourth-order valence-corrected chi connectivity index (χ4v) is 1.69. The number of hydrogen-bond donors (Lipinski definition) is 0. The van der Waals surface area contributed by atoms with Crippen molar-refractivity contribution in [1.82, 2.24) is 4.90 Å². The Labute approximate surface area is 85.3 Å². The maximum absolute atomic E-state index is 5.92. The quantitative estimate of drug-likeness (QED) is 0.671. The molecule has 0 spiro atoms. The number of halogens is 1. The summed E-state index contributed by atoms with van der Waals surface area (Å²) in [5.41, 5.74) is 1.33. The predicted octanol–water partition coefficient (Wildman–Crippen LogP) is 2.57. The zero-order valence-corrected chi connectivity index (χ0v) is 8.96. The molecule has 1 aromatic carbocycles. The lowest BCUT2D eigenvalue weighted by atomic mass is 10.0. The third kappa shape index (κ3) is 3.37. The highest BCUT2D eigenvalue weighted by Gasteiger charge is 2.10.